The first-order chi connectivity index (χ1) is 5.34. The molecular weight excluding hydrogens is 142 g/mol. The minimum atomic E-state index is -0.0700. The van der Waals surface area contributed by atoms with Crippen molar-refractivity contribution in [2.24, 2.45) is 5.92 Å². The molecule has 1 aliphatic rings. The molecule has 1 atom stereocenters. The van der Waals surface area contributed by atoms with E-state index in [-0.39, 0.29) is 11.9 Å². The first-order valence-corrected chi connectivity index (χ1v) is 4.13. The summed E-state index contributed by atoms with van der Waals surface area (Å²) in [6.45, 7) is 1.82. The summed E-state index contributed by atoms with van der Waals surface area (Å²) in [6.07, 6.45) is 3.28. The first kappa shape index (κ1) is 8.53. The molecule has 0 saturated carbocycles. The van der Waals surface area contributed by atoms with Gasteiger partial charge in [0.2, 0.25) is 0 Å². The number of ether oxygens (including phenoxy) is 1. The van der Waals surface area contributed by atoms with Crippen LogP contribution in [0.5, 0.6) is 0 Å². The zero-order valence-electron chi connectivity index (χ0n) is 6.93. The summed E-state index contributed by atoms with van der Waals surface area (Å²) in [6, 6.07) is 0. The molecule has 0 aliphatic carbocycles. The van der Waals surface area contributed by atoms with Gasteiger partial charge in [-0.2, -0.15) is 0 Å². The van der Waals surface area contributed by atoms with Gasteiger partial charge in [0.1, 0.15) is 0 Å². The molecule has 1 saturated heterocycles. The second-order valence-corrected chi connectivity index (χ2v) is 2.92. The van der Waals surface area contributed by atoms with Crippen LogP contribution in [-0.2, 0) is 9.53 Å². The predicted octanol–water partition coefficient (Wildman–Crippen LogP) is 0.549. The second-order valence-electron chi connectivity index (χ2n) is 2.92. The maximum atomic E-state index is 11.1. The van der Waals surface area contributed by atoms with Gasteiger partial charge in [0, 0.05) is 6.54 Å². The fraction of sp³-hybridized carbons (Fsp3) is 0.875. The lowest BCUT2D eigenvalue weighted by Gasteiger charge is -2.10. The lowest BCUT2D eigenvalue weighted by Crippen LogP contribution is -2.27. The molecule has 1 N–H and O–H groups in total. The van der Waals surface area contributed by atoms with Gasteiger partial charge in [-0.15, -0.1) is 0 Å². The Labute approximate surface area is 67.1 Å². The molecule has 1 heterocycles. The molecule has 0 bridgehead atoms. The Morgan fingerprint density at radius 3 is 3.09 bits per heavy atom. The molecule has 0 radical (unpaired) electrons. The normalized spacial score (nSPS) is 25.7. The number of methoxy groups -OCH3 is 1. The van der Waals surface area contributed by atoms with Crippen molar-refractivity contribution < 1.29 is 9.53 Å². The zero-order valence-corrected chi connectivity index (χ0v) is 6.93. The van der Waals surface area contributed by atoms with Crippen molar-refractivity contribution in [1.82, 2.24) is 5.32 Å². The SMILES string of the molecule is COC(=O)[C@H]1CCCCNC1. The summed E-state index contributed by atoms with van der Waals surface area (Å²) < 4.78 is 4.67. The summed E-state index contributed by atoms with van der Waals surface area (Å²) in [5, 5.41) is 3.21. The van der Waals surface area contributed by atoms with Crippen LogP contribution in [0.3, 0.4) is 0 Å². The lowest BCUT2D eigenvalue weighted by molar-refractivity contribution is -0.145. The highest BCUT2D eigenvalue weighted by molar-refractivity contribution is 5.72. The zero-order chi connectivity index (χ0) is 8.10. The molecule has 3 nitrogen and oxygen atoms in total. The quantitative estimate of drug-likeness (QED) is 0.565. The third-order valence-corrected chi connectivity index (χ3v) is 2.08. The third kappa shape index (κ3) is 2.50. The molecule has 0 amide bonds. The van der Waals surface area contributed by atoms with Crippen LogP contribution in [0.15, 0.2) is 0 Å². The van der Waals surface area contributed by atoms with Crippen LogP contribution in [-0.4, -0.2) is 26.2 Å². The summed E-state index contributed by atoms with van der Waals surface area (Å²) in [4.78, 5) is 11.1. The largest absolute Gasteiger partial charge is 0.469 e. The van der Waals surface area contributed by atoms with Crippen LogP contribution in [0.25, 0.3) is 0 Å². The highest BCUT2D eigenvalue weighted by atomic mass is 16.5. The predicted molar refractivity (Wildman–Crippen MR) is 42.2 cm³/mol. The van der Waals surface area contributed by atoms with E-state index in [0.717, 1.165) is 25.9 Å². The Morgan fingerprint density at radius 1 is 1.55 bits per heavy atom. The fourth-order valence-electron chi connectivity index (χ4n) is 1.39. The number of carbonyl (C=O) groups is 1. The molecule has 1 fully saturated rings. The van der Waals surface area contributed by atoms with Crippen LogP contribution < -0.4 is 5.32 Å². The van der Waals surface area contributed by atoms with Gasteiger partial charge in [-0.25, -0.2) is 0 Å². The number of carbonyl (C=O) groups excluding carboxylic acids is 1. The van der Waals surface area contributed by atoms with E-state index in [1.165, 1.54) is 13.5 Å². The van der Waals surface area contributed by atoms with Crippen LogP contribution in [0, 0.1) is 5.92 Å². The standard InChI is InChI=1S/C8H15NO2/c1-11-8(10)7-4-2-3-5-9-6-7/h7,9H,2-6H2,1H3/t7-/m0/s1. The lowest BCUT2D eigenvalue weighted by atomic mass is 10.0. The molecule has 11 heavy (non-hydrogen) atoms. The summed E-state index contributed by atoms with van der Waals surface area (Å²) in [7, 11) is 1.45. The number of nitrogens with one attached hydrogen (secondary N) is 1. The third-order valence-electron chi connectivity index (χ3n) is 2.08. The Bertz CT molecular complexity index is 128. The molecule has 0 aromatic rings. The fourth-order valence-corrected chi connectivity index (χ4v) is 1.39. The van der Waals surface area contributed by atoms with E-state index < -0.39 is 0 Å². The van der Waals surface area contributed by atoms with E-state index in [0.29, 0.717) is 0 Å². The Kier molecular flexibility index (Phi) is 3.36. The molecule has 0 aromatic carbocycles. The van der Waals surface area contributed by atoms with Crippen LogP contribution in [0.2, 0.25) is 0 Å². The van der Waals surface area contributed by atoms with Gasteiger partial charge in [0.15, 0.2) is 0 Å². The first-order valence-electron chi connectivity index (χ1n) is 4.13. The maximum absolute atomic E-state index is 11.1. The highest BCUT2D eigenvalue weighted by Crippen LogP contribution is 2.11. The molecule has 0 aromatic heterocycles. The minimum absolute atomic E-state index is 0.0700. The molecular formula is C8H15NO2. The van der Waals surface area contributed by atoms with Gasteiger partial charge in [-0.1, -0.05) is 6.42 Å². The molecule has 0 unspecified atom stereocenters. The van der Waals surface area contributed by atoms with Crippen molar-refractivity contribution >= 4 is 5.97 Å². The average Bonchev–Trinajstić information content (AvgIpc) is 2.30. The van der Waals surface area contributed by atoms with E-state index in [9.17, 15) is 4.79 Å². The van der Waals surface area contributed by atoms with Crippen molar-refractivity contribution in [3.05, 3.63) is 0 Å². The van der Waals surface area contributed by atoms with Gasteiger partial charge in [-0.05, 0) is 19.4 Å². The molecule has 0 spiro atoms. The number of hydrogen-bond donors (Lipinski definition) is 1. The Balaban J connectivity index is 2.36. The number of rotatable bonds is 1. The summed E-state index contributed by atoms with van der Waals surface area (Å²) in [5.41, 5.74) is 0. The van der Waals surface area contributed by atoms with Crippen LogP contribution in [0.1, 0.15) is 19.3 Å². The smallest absolute Gasteiger partial charge is 0.309 e. The Hall–Kier alpha value is -0.570. The van der Waals surface area contributed by atoms with Crippen molar-refractivity contribution in [2.45, 2.75) is 19.3 Å². The minimum Gasteiger partial charge on any atom is -0.469 e. The van der Waals surface area contributed by atoms with E-state index in [4.69, 9.17) is 0 Å². The number of hydrogen-bond acceptors (Lipinski definition) is 3. The molecule has 1 aliphatic heterocycles. The maximum Gasteiger partial charge on any atom is 0.309 e. The molecule has 1 rings (SSSR count). The molecule has 64 valence electrons. The second kappa shape index (κ2) is 4.34. The average molecular weight is 157 g/mol. The van der Waals surface area contributed by atoms with Gasteiger partial charge >= 0.3 is 5.97 Å². The monoisotopic (exact) mass is 157 g/mol. The summed E-state index contributed by atoms with van der Waals surface area (Å²) in [5.74, 6) is 0.0156. The van der Waals surface area contributed by atoms with Crippen molar-refractivity contribution in [2.75, 3.05) is 20.2 Å². The summed E-state index contributed by atoms with van der Waals surface area (Å²) >= 11 is 0. The van der Waals surface area contributed by atoms with E-state index in [1.54, 1.807) is 0 Å². The number of esters is 1. The van der Waals surface area contributed by atoms with E-state index in [1.807, 2.05) is 0 Å². The van der Waals surface area contributed by atoms with Gasteiger partial charge in [0.05, 0.1) is 13.0 Å². The van der Waals surface area contributed by atoms with E-state index in [2.05, 4.69) is 10.1 Å². The van der Waals surface area contributed by atoms with Crippen LogP contribution in [0.4, 0.5) is 0 Å². The molecule has 3 heteroatoms. The van der Waals surface area contributed by atoms with Gasteiger partial charge < -0.3 is 10.1 Å². The van der Waals surface area contributed by atoms with Gasteiger partial charge in [-0.3, -0.25) is 4.79 Å². The van der Waals surface area contributed by atoms with Crippen LogP contribution >= 0.6 is 0 Å². The van der Waals surface area contributed by atoms with Gasteiger partial charge in [0.25, 0.3) is 0 Å². The van der Waals surface area contributed by atoms with Crippen molar-refractivity contribution in [1.29, 1.82) is 0 Å². The topological polar surface area (TPSA) is 38.3 Å². The van der Waals surface area contributed by atoms with E-state index >= 15 is 0 Å². The van der Waals surface area contributed by atoms with Crippen molar-refractivity contribution in [3.63, 3.8) is 0 Å². The Morgan fingerprint density at radius 2 is 2.36 bits per heavy atom. The van der Waals surface area contributed by atoms with Crippen molar-refractivity contribution in [3.8, 4) is 0 Å². The highest BCUT2D eigenvalue weighted by Gasteiger charge is 2.19.